The molecule has 0 saturated carbocycles. The fourth-order valence-corrected chi connectivity index (χ4v) is 3.29. The summed E-state index contributed by atoms with van der Waals surface area (Å²) in [6, 6.07) is 24.8. The molecule has 1 heterocycles. The fraction of sp³-hybridized carbons (Fsp3) is 0.167. The van der Waals surface area contributed by atoms with Crippen molar-refractivity contribution in [1.82, 2.24) is 5.43 Å². The zero-order chi connectivity index (χ0) is 20.8. The lowest BCUT2D eigenvalue weighted by Gasteiger charge is -2.27. The molecule has 0 saturated heterocycles. The summed E-state index contributed by atoms with van der Waals surface area (Å²) in [5.41, 5.74) is 5.29. The van der Waals surface area contributed by atoms with E-state index in [0.29, 0.717) is 17.9 Å². The first-order valence-electron chi connectivity index (χ1n) is 9.67. The van der Waals surface area contributed by atoms with E-state index in [1.54, 1.807) is 19.2 Å². The third kappa shape index (κ3) is 4.43. The van der Waals surface area contributed by atoms with Crippen molar-refractivity contribution >= 4 is 11.6 Å². The molecule has 3 aromatic rings. The Balaban J connectivity index is 1.47. The zero-order valence-electron chi connectivity index (χ0n) is 16.6. The summed E-state index contributed by atoms with van der Waals surface area (Å²) >= 11 is 0. The number of para-hydroxylation sites is 3. The number of nitrogens with zero attached hydrogens (tertiary/aromatic N) is 1. The van der Waals surface area contributed by atoms with Crippen LogP contribution in [0.4, 0.5) is 0 Å². The molecule has 3 aromatic carbocycles. The summed E-state index contributed by atoms with van der Waals surface area (Å²) in [7, 11) is 1.56. The average molecular weight is 402 g/mol. The van der Waals surface area contributed by atoms with E-state index in [1.807, 2.05) is 66.7 Å². The van der Waals surface area contributed by atoms with Crippen LogP contribution in [-0.4, -0.2) is 25.3 Å². The minimum atomic E-state index is -0.353. The van der Waals surface area contributed by atoms with Crippen molar-refractivity contribution in [2.24, 2.45) is 5.10 Å². The first-order valence-corrected chi connectivity index (χ1v) is 9.67. The lowest BCUT2D eigenvalue weighted by atomic mass is 9.96. The molecule has 1 aliphatic rings. The first-order chi connectivity index (χ1) is 14.7. The Morgan fingerprint density at radius 3 is 2.50 bits per heavy atom. The monoisotopic (exact) mass is 402 g/mol. The van der Waals surface area contributed by atoms with Gasteiger partial charge in [0.1, 0.15) is 11.9 Å². The Hall–Kier alpha value is -3.80. The van der Waals surface area contributed by atoms with Gasteiger partial charge < -0.3 is 14.2 Å². The summed E-state index contributed by atoms with van der Waals surface area (Å²) in [6.45, 7) is -0.169. The predicted molar refractivity (Wildman–Crippen MR) is 114 cm³/mol. The highest BCUT2D eigenvalue weighted by atomic mass is 16.5. The summed E-state index contributed by atoms with van der Waals surface area (Å²) < 4.78 is 16.9. The van der Waals surface area contributed by atoms with E-state index >= 15 is 0 Å². The quantitative estimate of drug-likeness (QED) is 0.630. The maximum absolute atomic E-state index is 12.3. The van der Waals surface area contributed by atoms with Crippen molar-refractivity contribution in [2.75, 3.05) is 13.7 Å². The van der Waals surface area contributed by atoms with Crippen molar-refractivity contribution in [3.8, 4) is 17.2 Å². The number of rotatable bonds is 6. The number of fused-ring (bicyclic) bond motifs is 1. The van der Waals surface area contributed by atoms with Gasteiger partial charge in [0.25, 0.3) is 5.91 Å². The molecule has 1 N–H and O–H groups in total. The smallest absolute Gasteiger partial charge is 0.277 e. The third-order valence-corrected chi connectivity index (χ3v) is 4.76. The van der Waals surface area contributed by atoms with E-state index in [4.69, 9.17) is 14.2 Å². The Morgan fingerprint density at radius 2 is 1.70 bits per heavy atom. The maximum atomic E-state index is 12.3. The number of carbonyl (C=O) groups excluding carboxylic acids is 1. The number of hydrogen-bond donors (Lipinski definition) is 1. The number of hydrazone groups is 1. The van der Waals surface area contributed by atoms with Gasteiger partial charge in [-0.1, -0.05) is 54.6 Å². The van der Waals surface area contributed by atoms with Crippen LogP contribution in [0.25, 0.3) is 0 Å². The largest absolute Gasteiger partial charge is 0.493 e. The van der Waals surface area contributed by atoms with Gasteiger partial charge in [-0.15, -0.1) is 0 Å². The standard InChI is InChI=1S/C24H22N2O4/c1-28-21-13-7-8-14-22(21)29-16-24(27)26-25-19-15-23(17-9-3-2-4-10-17)30-20-12-6-5-11-18(19)20/h2-14,23H,15-16H2,1H3,(H,26,27)/b25-19-/t23-/m1/s1. The molecular formula is C24H22N2O4. The summed E-state index contributed by atoms with van der Waals surface area (Å²) in [5, 5.41) is 4.38. The van der Waals surface area contributed by atoms with Gasteiger partial charge in [-0.2, -0.15) is 5.10 Å². The molecule has 0 unspecified atom stereocenters. The van der Waals surface area contributed by atoms with Crippen LogP contribution in [0.3, 0.4) is 0 Å². The van der Waals surface area contributed by atoms with E-state index in [2.05, 4.69) is 10.5 Å². The second-order valence-electron chi connectivity index (χ2n) is 6.75. The van der Waals surface area contributed by atoms with Crippen LogP contribution in [0.15, 0.2) is 84.0 Å². The summed E-state index contributed by atoms with van der Waals surface area (Å²) in [6.07, 6.45) is 0.385. The van der Waals surface area contributed by atoms with Gasteiger partial charge in [0.15, 0.2) is 18.1 Å². The van der Waals surface area contributed by atoms with E-state index in [9.17, 15) is 4.79 Å². The molecule has 152 valence electrons. The van der Waals surface area contributed by atoms with Gasteiger partial charge in [-0.25, -0.2) is 5.43 Å². The van der Waals surface area contributed by atoms with Crippen LogP contribution in [-0.2, 0) is 4.79 Å². The van der Waals surface area contributed by atoms with Crippen LogP contribution in [0.1, 0.15) is 23.7 Å². The van der Waals surface area contributed by atoms with E-state index in [-0.39, 0.29) is 18.6 Å². The van der Waals surface area contributed by atoms with Gasteiger partial charge >= 0.3 is 0 Å². The highest BCUT2D eigenvalue weighted by Gasteiger charge is 2.26. The highest BCUT2D eigenvalue weighted by molar-refractivity contribution is 6.04. The molecule has 0 fully saturated rings. The molecule has 30 heavy (non-hydrogen) atoms. The van der Waals surface area contributed by atoms with Gasteiger partial charge in [-0.05, 0) is 29.8 Å². The minimum Gasteiger partial charge on any atom is -0.493 e. The number of benzene rings is 3. The van der Waals surface area contributed by atoms with Gasteiger partial charge in [-0.3, -0.25) is 4.79 Å². The van der Waals surface area contributed by atoms with E-state index < -0.39 is 0 Å². The fourth-order valence-electron chi connectivity index (χ4n) is 3.29. The van der Waals surface area contributed by atoms with Crippen LogP contribution in [0, 0.1) is 0 Å². The van der Waals surface area contributed by atoms with E-state index in [0.717, 1.165) is 22.6 Å². The maximum Gasteiger partial charge on any atom is 0.277 e. The molecule has 6 nitrogen and oxygen atoms in total. The molecule has 0 aromatic heterocycles. The molecule has 0 spiro atoms. The second kappa shape index (κ2) is 9.13. The Bertz CT molecular complexity index is 1050. The molecule has 1 atom stereocenters. The number of amides is 1. The highest BCUT2D eigenvalue weighted by Crippen LogP contribution is 2.34. The Morgan fingerprint density at radius 1 is 1.00 bits per heavy atom. The number of hydrogen-bond acceptors (Lipinski definition) is 5. The molecule has 4 rings (SSSR count). The molecule has 1 aliphatic heterocycles. The van der Waals surface area contributed by atoms with Crippen LogP contribution >= 0.6 is 0 Å². The first kappa shape index (κ1) is 19.5. The SMILES string of the molecule is COc1ccccc1OCC(=O)N/N=C1/C[C@H](c2ccccc2)Oc2ccccc21. The lowest BCUT2D eigenvalue weighted by molar-refractivity contribution is -0.123. The predicted octanol–water partition coefficient (Wildman–Crippen LogP) is 4.12. The van der Waals surface area contributed by atoms with Crippen LogP contribution < -0.4 is 19.6 Å². The molecular weight excluding hydrogens is 380 g/mol. The minimum absolute atomic E-state index is 0.165. The molecule has 0 aliphatic carbocycles. The van der Waals surface area contributed by atoms with Gasteiger partial charge in [0, 0.05) is 12.0 Å². The summed E-state index contributed by atoms with van der Waals surface area (Å²) in [5.74, 6) is 1.47. The van der Waals surface area contributed by atoms with Crippen molar-refractivity contribution in [3.63, 3.8) is 0 Å². The number of methoxy groups -OCH3 is 1. The van der Waals surface area contributed by atoms with Crippen molar-refractivity contribution < 1.29 is 19.0 Å². The van der Waals surface area contributed by atoms with E-state index in [1.165, 1.54) is 0 Å². The third-order valence-electron chi connectivity index (χ3n) is 4.76. The Kier molecular flexibility index (Phi) is 5.94. The summed E-state index contributed by atoms with van der Waals surface area (Å²) in [4.78, 5) is 12.3. The van der Waals surface area contributed by atoms with Crippen molar-refractivity contribution in [2.45, 2.75) is 12.5 Å². The lowest BCUT2D eigenvalue weighted by Crippen LogP contribution is -2.28. The number of ether oxygens (including phenoxy) is 3. The van der Waals surface area contributed by atoms with Gasteiger partial charge in [0.2, 0.25) is 0 Å². The topological polar surface area (TPSA) is 69.2 Å². The molecule has 0 radical (unpaired) electrons. The molecule has 0 bridgehead atoms. The van der Waals surface area contributed by atoms with Crippen LogP contribution in [0.5, 0.6) is 17.2 Å². The second-order valence-corrected chi connectivity index (χ2v) is 6.75. The molecule has 6 heteroatoms. The van der Waals surface area contributed by atoms with Crippen LogP contribution in [0.2, 0.25) is 0 Å². The van der Waals surface area contributed by atoms with Crippen molar-refractivity contribution in [1.29, 1.82) is 0 Å². The number of carbonyl (C=O) groups is 1. The normalized spacial score (nSPS) is 16.3. The van der Waals surface area contributed by atoms with Gasteiger partial charge in [0.05, 0.1) is 12.8 Å². The number of nitrogens with one attached hydrogen (secondary N) is 1. The molecule has 1 amide bonds. The zero-order valence-corrected chi connectivity index (χ0v) is 16.6. The average Bonchev–Trinajstić information content (AvgIpc) is 2.81. The van der Waals surface area contributed by atoms with Crippen molar-refractivity contribution in [3.05, 3.63) is 90.0 Å². The Labute approximate surface area is 175 Å².